The molecule has 1 spiro atoms. The minimum Gasteiger partial charge on any atom is -0.224 e. The Hall–Kier alpha value is -1.65. The van der Waals surface area contributed by atoms with E-state index in [1.165, 1.54) is 12.3 Å². The van der Waals surface area contributed by atoms with E-state index in [-0.39, 0.29) is 22.3 Å². The summed E-state index contributed by atoms with van der Waals surface area (Å²) in [5, 5.41) is 0.147. The zero-order chi connectivity index (χ0) is 17.8. The molecule has 130 valence electrons. The molecule has 4 rings (SSSR count). The van der Waals surface area contributed by atoms with Gasteiger partial charge in [0.15, 0.2) is 9.84 Å². The van der Waals surface area contributed by atoms with Crippen LogP contribution in [0.5, 0.6) is 0 Å². The fraction of sp³-hybridized carbons (Fsp3) is 0.300. The SMILES string of the molecule is CS(=O)(=O)c1ccc(C2CC3(C=C3)CC2c2ccc(F)c(Cl)c2)cc1. The molecule has 2 aliphatic carbocycles. The lowest BCUT2D eigenvalue weighted by atomic mass is 9.84. The molecule has 0 amide bonds. The second-order valence-electron chi connectivity index (χ2n) is 7.20. The number of hydrogen-bond donors (Lipinski definition) is 0. The van der Waals surface area contributed by atoms with E-state index in [1.54, 1.807) is 18.2 Å². The van der Waals surface area contributed by atoms with Crippen molar-refractivity contribution in [2.75, 3.05) is 6.26 Å². The van der Waals surface area contributed by atoms with Gasteiger partial charge in [0.25, 0.3) is 0 Å². The Bertz CT molecular complexity index is 958. The first kappa shape index (κ1) is 16.8. The van der Waals surface area contributed by atoms with Crippen molar-refractivity contribution < 1.29 is 12.8 Å². The van der Waals surface area contributed by atoms with Crippen LogP contribution in [-0.4, -0.2) is 14.7 Å². The van der Waals surface area contributed by atoms with Crippen molar-refractivity contribution in [1.82, 2.24) is 0 Å². The van der Waals surface area contributed by atoms with Crippen molar-refractivity contribution in [3.63, 3.8) is 0 Å². The third-order valence-electron chi connectivity index (χ3n) is 5.43. The summed E-state index contributed by atoms with van der Waals surface area (Å²) in [6, 6.07) is 12.1. The maximum atomic E-state index is 13.5. The number of benzene rings is 2. The molecule has 0 N–H and O–H groups in total. The average Bonchev–Trinajstić information content (AvgIpc) is 3.20. The Balaban J connectivity index is 1.70. The zero-order valence-corrected chi connectivity index (χ0v) is 15.3. The Morgan fingerprint density at radius 2 is 1.56 bits per heavy atom. The molecule has 0 aromatic heterocycles. The highest BCUT2D eigenvalue weighted by atomic mass is 35.5. The van der Waals surface area contributed by atoms with Crippen molar-refractivity contribution in [2.24, 2.45) is 5.41 Å². The van der Waals surface area contributed by atoms with Gasteiger partial charge in [0.05, 0.1) is 9.92 Å². The zero-order valence-electron chi connectivity index (χ0n) is 13.7. The van der Waals surface area contributed by atoms with Gasteiger partial charge in [-0.3, -0.25) is 0 Å². The summed E-state index contributed by atoms with van der Waals surface area (Å²) in [5.41, 5.74) is 2.31. The summed E-state index contributed by atoms with van der Waals surface area (Å²) in [6.07, 6.45) is 7.65. The van der Waals surface area contributed by atoms with E-state index in [0.29, 0.717) is 4.90 Å². The molecular formula is C20H18ClFO2S. The quantitative estimate of drug-likeness (QED) is 0.698. The first-order valence-electron chi connectivity index (χ1n) is 8.23. The third-order valence-corrected chi connectivity index (χ3v) is 6.85. The van der Waals surface area contributed by atoms with Crippen LogP contribution in [0, 0.1) is 11.2 Å². The van der Waals surface area contributed by atoms with Crippen LogP contribution >= 0.6 is 11.6 Å². The lowest BCUT2D eigenvalue weighted by Gasteiger charge is -2.21. The Kier molecular flexibility index (Phi) is 3.82. The molecule has 0 bridgehead atoms. The largest absolute Gasteiger partial charge is 0.224 e. The molecule has 0 aliphatic heterocycles. The molecule has 1 fully saturated rings. The first-order valence-corrected chi connectivity index (χ1v) is 10.5. The monoisotopic (exact) mass is 376 g/mol. The molecule has 2 aliphatic rings. The molecule has 2 unspecified atom stereocenters. The highest BCUT2D eigenvalue weighted by Crippen LogP contribution is 2.61. The van der Waals surface area contributed by atoms with Gasteiger partial charge >= 0.3 is 0 Å². The number of rotatable bonds is 3. The van der Waals surface area contributed by atoms with Crippen LogP contribution in [0.3, 0.4) is 0 Å². The van der Waals surface area contributed by atoms with Crippen molar-refractivity contribution in [2.45, 2.75) is 29.6 Å². The number of allylic oxidation sites excluding steroid dienone is 2. The van der Waals surface area contributed by atoms with Crippen molar-refractivity contribution in [3.8, 4) is 0 Å². The summed E-state index contributed by atoms with van der Waals surface area (Å²) in [7, 11) is -3.20. The van der Waals surface area contributed by atoms with Crippen LogP contribution in [0.15, 0.2) is 59.5 Å². The van der Waals surface area contributed by atoms with Gasteiger partial charge in [-0.15, -0.1) is 0 Å². The predicted molar refractivity (Wildman–Crippen MR) is 97.3 cm³/mol. The smallest absolute Gasteiger partial charge is 0.175 e. The van der Waals surface area contributed by atoms with Gasteiger partial charge in [-0.25, -0.2) is 12.8 Å². The molecular weight excluding hydrogens is 359 g/mol. The van der Waals surface area contributed by atoms with Crippen LogP contribution < -0.4 is 0 Å². The van der Waals surface area contributed by atoms with Crippen LogP contribution in [0.2, 0.25) is 5.02 Å². The van der Waals surface area contributed by atoms with E-state index in [2.05, 4.69) is 12.2 Å². The van der Waals surface area contributed by atoms with Gasteiger partial charge in [0.2, 0.25) is 0 Å². The maximum Gasteiger partial charge on any atom is 0.175 e. The van der Waals surface area contributed by atoms with E-state index in [1.807, 2.05) is 18.2 Å². The van der Waals surface area contributed by atoms with Crippen LogP contribution in [-0.2, 0) is 9.84 Å². The van der Waals surface area contributed by atoms with E-state index in [9.17, 15) is 12.8 Å². The predicted octanol–water partition coefficient (Wildman–Crippen LogP) is 5.10. The fourth-order valence-electron chi connectivity index (χ4n) is 3.98. The maximum absolute atomic E-state index is 13.5. The third kappa shape index (κ3) is 3.13. The van der Waals surface area contributed by atoms with Gasteiger partial charge in [-0.1, -0.05) is 42.0 Å². The normalized spacial score (nSPS) is 24.0. The van der Waals surface area contributed by atoms with Gasteiger partial charge in [-0.2, -0.15) is 0 Å². The van der Waals surface area contributed by atoms with Crippen LogP contribution in [0.25, 0.3) is 0 Å². The Morgan fingerprint density at radius 1 is 1.00 bits per heavy atom. The van der Waals surface area contributed by atoms with Crippen LogP contribution in [0.1, 0.15) is 35.8 Å². The lowest BCUT2D eigenvalue weighted by molar-refractivity contribution is 0.581. The Labute approximate surface area is 152 Å². The lowest BCUT2D eigenvalue weighted by Crippen LogP contribution is -2.06. The van der Waals surface area contributed by atoms with Gasteiger partial charge in [0, 0.05) is 11.7 Å². The molecule has 5 heteroatoms. The van der Waals surface area contributed by atoms with Gasteiger partial charge in [-0.05, 0) is 60.1 Å². The molecule has 0 saturated heterocycles. The molecule has 1 saturated carbocycles. The number of sulfone groups is 1. The molecule has 2 aromatic rings. The fourth-order valence-corrected chi connectivity index (χ4v) is 4.80. The van der Waals surface area contributed by atoms with E-state index in [0.717, 1.165) is 24.0 Å². The van der Waals surface area contributed by atoms with Gasteiger partial charge in [0.1, 0.15) is 5.82 Å². The second-order valence-corrected chi connectivity index (χ2v) is 9.63. The van der Waals surface area contributed by atoms with Crippen molar-refractivity contribution >= 4 is 21.4 Å². The molecule has 2 nitrogen and oxygen atoms in total. The number of hydrogen-bond acceptors (Lipinski definition) is 2. The summed E-state index contributed by atoms with van der Waals surface area (Å²) in [6.45, 7) is 0. The van der Waals surface area contributed by atoms with E-state index >= 15 is 0 Å². The second kappa shape index (κ2) is 5.68. The average molecular weight is 377 g/mol. The minimum absolute atomic E-state index is 0.147. The standard InChI is InChI=1S/C20H18ClFO2S/c1-25(23,24)15-5-2-13(3-6-15)16-11-20(8-9-20)12-17(16)14-4-7-19(22)18(21)10-14/h2-10,16-17H,11-12H2,1H3. The highest BCUT2D eigenvalue weighted by molar-refractivity contribution is 7.90. The van der Waals surface area contributed by atoms with Gasteiger partial charge < -0.3 is 0 Å². The molecule has 2 atom stereocenters. The van der Waals surface area contributed by atoms with Crippen LogP contribution in [0.4, 0.5) is 4.39 Å². The summed E-state index contributed by atoms with van der Waals surface area (Å²) in [4.78, 5) is 0.329. The van der Waals surface area contributed by atoms with E-state index < -0.39 is 15.7 Å². The van der Waals surface area contributed by atoms with E-state index in [4.69, 9.17) is 11.6 Å². The summed E-state index contributed by atoms with van der Waals surface area (Å²) < 4.78 is 36.9. The minimum atomic E-state index is -3.20. The summed E-state index contributed by atoms with van der Waals surface area (Å²) >= 11 is 5.99. The summed E-state index contributed by atoms with van der Waals surface area (Å²) in [5.74, 6) is 0.0825. The molecule has 25 heavy (non-hydrogen) atoms. The number of halogens is 2. The topological polar surface area (TPSA) is 34.1 Å². The molecule has 2 aromatic carbocycles. The van der Waals surface area contributed by atoms with Crippen molar-refractivity contribution in [1.29, 1.82) is 0 Å². The first-order chi connectivity index (χ1) is 11.8. The molecule has 0 radical (unpaired) electrons. The highest BCUT2D eigenvalue weighted by Gasteiger charge is 2.48. The molecule has 0 heterocycles. The Morgan fingerprint density at radius 3 is 2.08 bits per heavy atom. The van der Waals surface area contributed by atoms with Crippen molar-refractivity contribution in [3.05, 3.63) is 76.6 Å².